The van der Waals surface area contributed by atoms with Gasteiger partial charge in [-0.2, -0.15) is 0 Å². The number of hydrogen-bond acceptors (Lipinski definition) is 3. The van der Waals surface area contributed by atoms with E-state index in [1.54, 1.807) is 18.2 Å². The number of nitrogens with zero attached hydrogens (tertiary/aromatic N) is 1. The van der Waals surface area contributed by atoms with E-state index in [4.69, 9.17) is 5.41 Å². The fourth-order valence-electron chi connectivity index (χ4n) is 4.77. The van der Waals surface area contributed by atoms with Crippen LogP contribution in [0, 0.1) is 12.3 Å². The fourth-order valence-corrected chi connectivity index (χ4v) is 4.77. The zero-order valence-corrected chi connectivity index (χ0v) is 20.6. The summed E-state index contributed by atoms with van der Waals surface area (Å²) in [6.45, 7) is 2.62. The maximum atomic E-state index is 14.0. The summed E-state index contributed by atoms with van der Waals surface area (Å²) >= 11 is 0. The van der Waals surface area contributed by atoms with Gasteiger partial charge in [-0.25, -0.2) is 0 Å². The molecule has 5 rings (SSSR count). The van der Waals surface area contributed by atoms with E-state index in [1.807, 2.05) is 97.9 Å². The highest BCUT2D eigenvalue weighted by Gasteiger charge is 2.52. The zero-order chi connectivity index (χ0) is 25.8. The Morgan fingerprint density at radius 3 is 2.14 bits per heavy atom. The van der Waals surface area contributed by atoms with Gasteiger partial charge in [-0.1, -0.05) is 97.1 Å². The Balaban J connectivity index is 1.38. The maximum Gasteiger partial charge on any atom is 0.264 e. The Hall–Kier alpha value is -4.71. The topological polar surface area (TPSA) is 85.3 Å². The average Bonchev–Trinajstić information content (AvgIpc) is 3.19. The van der Waals surface area contributed by atoms with Crippen LogP contribution in [0.25, 0.3) is 0 Å². The van der Waals surface area contributed by atoms with Crippen LogP contribution in [0.15, 0.2) is 109 Å². The highest BCUT2D eigenvalue weighted by Crippen LogP contribution is 2.36. The van der Waals surface area contributed by atoms with Crippen molar-refractivity contribution >= 4 is 17.8 Å². The lowest BCUT2D eigenvalue weighted by molar-refractivity contribution is -0.130. The number of carbonyl (C=O) groups is 2. The molecule has 0 aliphatic carbocycles. The molecule has 3 N–H and O–H groups in total. The van der Waals surface area contributed by atoms with Gasteiger partial charge in [-0.15, -0.1) is 0 Å². The molecule has 0 saturated carbocycles. The van der Waals surface area contributed by atoms with E-state index in [1.165, 1.54) is 4.90 Å². The molecule has 1 aliphatic rings. The summed E-state index contributed by atoms with van der Waals surface area (Å²) in [6.07, 6.45) is 0. The van der Waals surface area contributed by atoms with Gasteiger partial charge in [0.2, 0.25) is 0 Å². The third-order valence-corrected chi connectivity index (χ3v) is 6.79. The molecule has 1 heterocycles. The summed E-state index contributed by atoms with van der Waals surface area (Å²) in [5.74, 6) is -0.398. The summed E-state index contributed by atoms with van der Waals surface area (Å²) in [6, 6.07) is 34.1. The first-order valence-electron chi connectivity index (χ1n) is 12.2. The fraction of sp³-hybridized carbons (Fsp3) is 0.129. The van der Waals surface area contributed by atoms with Gasteiger partial charge in [0.15, 0.2) is 11.5 Å². The van der Waals surface area contributed by atoms with E-state index in [0.717, 1.165) is 27.8 Å². The molecule has 1 saturated heterocycles. The van der Waals surface area contributed by atoms with Crippen LogP contribution >= 0.6 is 0 Å². The summed E-state index contributed by atoms with van der Waals surface area (Å²) in [7, 11) is 0. The normalized spacial score (nSPS) is 14.4. The van der Waals surface area contributed by atoms with Crippen molar-refractivity contribution in [2.45, 2.75) is 25.6 Å². The summed E-state index contributed by atoms with van der Waals surface area (Å²) < 4.78 is 0. The Labute approximate surface area is 216 Å². The van der Waals surface area contributed by atoms with Crippen molar-refractivity contribution in [3.63, 3.8) is 0 Å². The van der Waals surface area contributed by atoms with E-state index in [2.05, 4.69) is 10.6 Å². The van der Waals surface area contributed by atoms with Crippen LogP contribution in [0.1, 0.15) is 38.2 Å². The molecule has 6 nitrogen and oxygen atoms in total. The number of benzene rings is 4. The number of aryl methyl sites for hydroxylation is 1. The van der Waals surface area contributed by atoms with Gasteiger partial charge >= 0.3 is 0 Å². The molecule has 4 aromatic carbocycles. The van der Waals surface area contributed by atoms with Crippen molar-refractivity contribution in [2.75, 3.05) is 0 Å². The summed E-state index contributed by atoms with van der Waals surface area (Å²) in [4.78, 5) is 28.3. The second-order valence-electron chi connectivity index (χ2n) is 9.16. The second-order valence-corrected chi connectivity index (χ2v) is 9.16. The van der Waals surface area contributed by atoms with Gasteiger partial charge in [0.25, 0.3) is 11.8 Å². The minimum absolute atomic E-state index is 0.0205. The monoisotopic (exact) mass is 488 g/mol. The first-order chi connectivity index (χ1) is 18.0. The van der Waals surface area contributed by atoms with Gasteiger partial charge in [0, 0.05) is 12.1 Å². The number of hydrogen-bond donors (Lipinski definition) is 3. The van der Waals surface area contributed by atoms with Crippen LogP contribution in [-0.4, -0.2) is 22.7 Å². The van der Waals surface area contributed by atoms with Crippen molar-refractivity contribution in [1.29, 1.82) is 5.41 Å². The Morgan fingerprint density at radius 2 is 1.49 bits per heavy atom. The molecule has 37 heavy (non-hydrogen) atoms. The van der Waals surface area contributed by atoms with Gasteiger partial charge in [0.1, 0.15) is 0 Å². The Morgan fingerprint density at radius 1 is 0.865 bits per heavy atom. The molecular weight excluding hydrogens is 460 g/mol. The van der Waals surface area contributed by atoms with Crippen LogP contribution in [0.2, 0.25) is 0 Å². The number of guanidine groups is 1. The Kier molecular flexibility index (Phi) is 6.56. The second kappa shape index (κ2) is 10.1. The maximum absolute atomic E-state index is 14.0. The molecule has 0 unspecified atom stereocenters. The van der Waals surface area contributed by atoms with Crippen LogP contribution < -0.4 is 10.6 Å². The molecule has 1 fully saturated rings. The molecule has 1 aliphatic heterocycles. The van der Waals surface area contributed by atoms with Gasteiger partial charge in [0.05, 0.1) is 6.54 Å². The minimum atomic E-state index is -1.19. The summed E-state index contributed by atoms with van der Waals surface area (Å²) in [5.41, 5.74) is 3.80. The van der Waals surface area contributed by atoms with Crippen molar-refractivity contribution in [3.8, 4) is 0 Å². The first kappa shape index (κ1) is 24.0. The molecular formula is C31H28N4O2. The lowest BCUT2D eigenvalue weighted by atomic mass is 9.82. The molecule has 0 bridgehead atoms. The molecule has 0 atom stereocenters. The van der Waals surface area contributed by atoms with Crippen molar-refractivity contribution in [1.82, 2.24) is 15.5 Å². The number of nitrogens with one attached hydrogen (secondary N) is 3. The van der Waals surface area contributed by atoms with Crippen LogP contribution in [-0.2, 0) is 23.4 Å². The van der Waals surface area contributed by atoms with Crippen molar-refractivity contribution < 1.29 is 9.59 Å². The first-order valence-corrected chi connectivity index (χ1v) is 12.2. The van der Waals surface area contributed by atoms with Crippen LogP contribution in [0.5, 0.6) is 0 Å². The molecule has 4 aromatic rings. The smallest absolute Gasteiger partial charge is 0.264 e. The van der Waals surface area contributed by atoms with E-state index >= 15 is 0 Å². The number of amides is 2. The molecule has 0 radical (unpaired) electrons. The lowest BCUT2D eigenvalue weighted by Crippen LogP contribution is -2.45. The van der Waals surface area contributed by atoms with Crippen LogP contribution in [0.4, 0.5) is 0 Å². The van der Waals surface area contributed by atoms with Gasteiger partial charge < -0.3 is 10.6 Å². The standard InChI is InChI=1S/C31H28N4O2/c1-22-11-8-9-13-25(22)20-33-28(36)24-14-10-12-23(19-24)21-35-29(37)31(34-30(35)32,26-15-4-2-5-16-26)27-17-6-3-7-18-27/h2-19H,20-21H2,1H3,(H2,32,34)(H,33,36). The third-order valence-electron chi connectivity index (χ3n) is 6.79. The third kappa shape index (κ3) is 4.61. The highest BCUT2D eigenvalue weighted by atomic mass is 16.2. The predicted octanol–water partition coefficient (Wildman–Crippen LogP) is 4.74. The minimum Gasteiger partial charge on any atom is -0.348 e. The SMILES string of the molecule is Cc1ccccc1CNC(=O)c1cccc(CN2C(=N)NC(c3ccccc3)(c3ccccc3)C2=O)c1. The quantitative estimate of drug-likeness (QED) is 0.351. The van der Waals surface area contributed by atoms with E-state index < -0.39 is 5.54 Å². The van der Waals surface area contributed by atoms with E-state index in [-0.39, 0.29) is 24.3 Å². The van der Waals surface area contributed by atoms with Crippen molar-refractivity contribution in [3.05, 3.63) is 143 Å². The van der Waals surface area contributed by atoms with Gasteiger partial charge in [-0.3, -0.25) is 19.9 Å². The largest absolute Gasteiger partial charge is 0.348 e. The Bertz CT molecular complexity index is 1410. The molecule has 0 spiro atoms. The summed E-state index contributed by atoms with van der Waals surface area (Å²) in [5, 5.41) is 14.8. The molecule has 184 valence electrons. The predicted molar refractivity (Wildman–Crippen MR) is 144 cm³/mol. The highest BCUT2D eigenvalue weighted by molar-refractivity contribution is 6.10. The molecule has 6 heteroatoms. The van der Waals surface area contributed by atoms with Crippen molar-refractivity contribution in [2.24, 2.45) is 0 Å². The molecule has 2 amide bonds. The lowest BCUT2D eigenvalue weighted by Gasteiger charge is -2.28. The number of rotatable bonds is 7. The van der Waals surface area contributed by atoms with E-state index in [9.17, 15) is 9.59 Å². The van der Waals surface area contributed by atoms with Gasteiger partial charge in [-0.05, 0) is 46.9 Å². The average molecular weight is 489 g/mol. The number of carbonyl (C=O) groups excluding carboxylic acids is 2. The van der Waals surface area contributed by atoms with E-state index in [0.29, 0.717) is 12.1 Å². The zero-order valence-electron chi connectivity index (χ0n) is 20.6. The van der Waals surface area contributed by atoms with Crippen LogP contribution in [0.3, 0.4) is 0 Å². The molecule has 0 aromatic heterocycles.